The Morgan fingerprint density at radius 3 is 2.90 bits per heavy atom. The van der Waals surface area contributed by atoms with Crippen molar-refractivity contribution in [3.8, 4) is 0 Å². The minimum atomic E-state index is -0.514. The van der Waals surface area contributed by atoms with Crippen molar-refractivity contribution in [3.63, 3.8) is 0 Å². The van der Waals surface area contributed by atoms with E-state index in [1.165, 1.54) is 10.5 Å². The summed E-state index contributed by atoms with van der Waals surface area (Å²) in [6.07, 6.45) is 5.16. The van der Waals surface area contributed by atoms with E-state index in [-0.39, 0.29) is 23.9 Å². The van der Waals surface area contributed by atoms with Gasteiger partial charge in [-0.1, -0.05) is 30.3 Å². The van der Waals surface area contributed by atoms with Gasteiger partial charge in [0.15, 0.2) is 0 Å². The van der Waals surface area contributed by atoms with Crippen LogP contribution in [0.25, 0.3) is 10.9 Å². The van der Waals surface area contributed by atoms with Crippen molar-refractivity contribution in [2.75, 3.05) is 12.8 Å². The van der Waals surface area contributed by atoms with Crippen LogP contribution in [0.2, 0.25) is 0 Å². The van der Waals surface area contributed by atoms with Gasteiger partial charge >= 0.3 is 0 Å². The number of carbonyl (C=O) groups is 2. The van der Waals surface area contributed by atoms with Crippen LogP contribution >= 0.6 is 11.8 Å². The largest absolute Gasteiger partial charge is 0.361 e. The zero-order chi connectivity index (χ0) is 21.4. The molecule has 6 nitrogen and oxygen atoms in total. The fraction of sp³-hybridized carbons (Fsp3) is 0.333. The van der Waals surface area contributed by atoms with E-state index in [4.69, 9.17) is 0 Å². The summed E-state index contributed by atoms with van der Waals surface area (Å²) >= 11 is 1.72. The van der Waals surface area contributed by atoms with Crippen LogP contribution < -0.4 is 10.6 Å². The summed E-state index contributed by atoms with van der Waals surface area (Å²) in [5.41, 5.74) is 3.31. The van der Waals surface area contributed by atoms with Gasteiger partial charge in [-0.3, -0.25) is 9.59 Å². The van der Waals surface area contributed by atoms with Crippen molar-refractivity contribution in [2.24, 2.45) is 0 Å². The molecule has 0 bridgehead atoms. The first-order valence-corrected chi connectivity index (χ1v) is 11.9. The van der Waals surface area contributed by atoms with Crippen molar-refractivity contribution in [2.45, 2.75) is 42.4 Å². The van der Waals surface area contributed by atoms with Gasteiger partial charge in [0.05, 0.1) is 0 Å². The summed E-state index contributed by atoms with van der Waals surface area (Å²) in [5, 5.41) is 7.62. The zero-order valence-corrected chi connectivity index (χ0v) is 18.2. The van der Waals surface area contributed by atoms with Crippen LogP contribution in [0.4, 0.5) is 0 Å². The molecule has 0 saturated carbocycles. The van der Waals surface area contributed by atoms with Crippen LogP contribution in [0.15, 0.2) is 59.6 Å². The van der Waals surface area contributed by atoms with Crippen LogP contribution in [-0.4, -0.2) is 52.6 Å². The highest BCUT2D eigenvalue weighted by molar-refractivity contribution is 7.98. The van der Waals surface area contributed by atoms with E-state index in [0.29, 0.717) is 19.4 Å². The van der Waals surface area contributed by atoms with Gasteiger partial charge in [0.2, 0.25) is 11.8 Å². The number of rotatable bonds is 6. The van der Waals surface area contributed by atoms with Crippen LogP contribution in [0.1, 0.15) is 17.5 Å². The molecule has 3 N–H and O–H groups in total. The standard InChI is InChI=1S/C24H26N4O2S/c1-31-18-6-4-5-15(9-18)12-25-17-11-22-23(29)27-21(24(30)28(22)14-17)10-16-13-26-20-8-3-2-7-19(16)20/h2-9,13,17,21-22,25-26H,10-12,14H2,1H3,(H,27,29)/t17-,21-,22-/m0/s1. The molecule has 1 aromatic heterocycles. The van der Waals surface area contributed by atoms with E-state index in [1.54, 1.807) is 16.7 Å². The van der Waals surface area contributed by atoms with Gasteiger partial charge in [-0.15, -0.1) is 11.8 Å². The second-order valence-corrected chi connectivity index (χ2v) is 9.18. The Kier molecular flexibility index (Phi) is 5.46. The highest BCUT2D eigenvalue weighted by Gasteiger charge is 2.46. The number of H-pyrrole nitrogens is 1. The number of nitrogens with zero attached hydrogens (tertiary/aromatic N) is 1. The highest BCUT2D eigenvalue weighted by Crippen LogP contribution is 2.26. The molecular formula is C24H26N4O2S. The maximum atomic E-state index is 13.2. The number of aromatic amines is 1. The maximum absolute atomic E-state index is 13.2. The second-order valence-electron chi connectivity index (χ2n) is 8.30. The monoisotopic (exact) mass is 434 g/mol. The Morgan fingerprint density at radius 2 is 2.03 bits per heavy atom. The van der Waals surface area contributed by atoms with Crippen LogP contribution in [-0.2, 0) is 22.6 Å². The lowest BCUT2D eigenvalue weighted by atomic mass is 10.0. The van der Waals surface area contributed by atoms with Crippen LogP contribution in [0.3, 0.4) is 0 Å². The second kappa shape index (κ2) is 8.40. The summed E-state index contributed by atoms with van der Waals surface area (Å²) < 4.78 is 0. The topological polar surface area (TPSA) is 77.2 Å². The SMILES string of the molecule is CSc1cccc(CN[C@H]2C[C@H]3C(=O)N[C@@H](Cc4c[nH]c5ccccc45)C(=O)N3C2)c1. The summed E-state index contributed by atoms with van der Waals surface area (Å²) in [5.74, 6) is -0.0262. The number of amides is 2. The number of carbonyl (C=O) groups excluding carboxylic acids is 2. The lowest BCUT2D eigenvalue weighted by Crippen LogP contribution is -2.61. The highest BCUT2D eigenvalue weighted by atomic mass is 32.2. The number of para-hydroxylation sites is 1. The molecule has 3 heterocycles. The van der Waals surface area contributed by atoms with E-state index in [1.807, 2.05) is 30.5 Å². The van der Waals surface area contributed by atoms with Crippen molar-refractivity contribution < 1.29 is 9.59 Å². The van der Waals surface area contributed by atoms with E-state index < -0.39 is 6.04 Å². The number of hydrogen-bond acceptors (Lipinski definition) is 4. The molecule has 2 aliphatic rings. The molecule has 2 aromatic carbocycles. The molecule has 160 valence electrons. The first-order valence-electron chi connectivity index (χ1n) is 10.6. The van der Waals surface area contributed by atoms with Gasteiger partial charge in [-0.2, -0.15) is 0 Å². The lowest BCUT2D eigenvalue weighted by molar-refractivity contribution is -0.146. The Labute approximate surface area is 185 Å². The molecule has 0 aliphatic carbocycles. The Bertz CT molecular complexity index is 1130. The van der Waals surface area contributed by atoms with E-state index >= 15 is 0 Å². The predicted molar refractivity (Wildman–Crippen MR) is 123 cm³/mol. The molecule has 0 radical (unpaired) electrons. The molecule has 2 amide bonds. The van der Waals surface area contributed by atoms with E-state index in [0.717, 1.165) is 23.0 Å². The van der Waals surface area contributed by atoms with Crippen molar-refractivity contribution in [1.82, 2.24) is 20.5 Å². The van der Waals surface area contributed by atoms with Crippen LogP contribution in [0, 0.1) is 0 Å². The number of piperazine rings is 1. The third-order valence-corrected chi connectivity index (χ3v) is 7.05. The molecule has 0 unspecified atom stereocenters. The molecule has 0 spiro atoms. The molecule has 3 aromatic rings. The zero-order valence-electron chi connectivity index (χ0n) is 17.4. The number of thioether (sulfide) groups is 1. The van der Waals surface area contributed by atoms with Gasteiger partial charge in [0, 0.05) is 47.5 Å². The van der Waals surface area contributed by atoms with Crippen molar-refractivity contribution in [3.05, 3.63) is 65.9 Å². The molecule has 2 aliphatic heterocycles. The first-order chi connectivity index (χ1) is 15.1. The summed E-state index contributed by atoms with van der Waals surface area (Å²) in [7, 11) is 0. The Hall–Kier alpha value is -2.77. The molecule has 31 heavy (non-hydrogen) atoms. The van der Waals surface area contributed by atoms with E-state index in [2.05, 4.69) is 46.1 Å². The Balaban J connectivity index is 1.25. The quantitative estimate of drug-likeness (QED) is 0.522. The fourth-order valence-corrected chi connectivity index (χ4v) is 5.19. The van der Waals surface area contributed by atoms with Gasteiger partial charge in [-0.25, -0.2) is 0 Å². The molecule has 7 heteroatoms. The number of nitrogens with one attached hydrogen (secondary N) is 3. The Morgan fingerprint density at radius 1 is 1.16 bits per heavy atom. The van der Waals surface area contributed by atoms with Gasteiger partial charge in [-0.05, 0) is 42.0 Å². The molecule has 3 atom stereocenters. The average molecular weight is 435 g/mol. The normalized spacial score (nSPS) is 23.3. The van der Waals surface area contributed by atoms with E-state index in [9.17, 15) is 9.59 Å². The predicted octanol–water partition coefficient (Wildman–Crippen LogP) is 2.69. The summed E-state index contributed by atoms with van der Waals surface area (Å²) in [6, 6.07) is 15.7. The van der Waals surface area contributed by atoms with Gasteiger partial charge in [0.25, 0.3) is 0 Å². The third kappa shape index (κ3) is 3.95. The molecule has 5 rings (SSSR count). The van der Waals surface area contributed by atoms with Gasteiger partial charge in [0.1, 0.15) is 12.1 Å². The summed E-state index contributed by atoms with van der Waals surface area (Å²) in [6.45, 7) is 1.30. The minimum absolute atomic E-state index is 0.0172. The minimum Gasteiger partial charge on any atom is -0.361 e. The van der Waals surface area contributed by atoms with Gasteiger partial charge < -0.3 is 20.5 Å². The fourth-order valence-electron chi connectivity index (χ4n) is 4.71. The molecular weight excluding hydrogens is 408 g/mol. The van der Waals surface area contributed by atoms with Crippen LogP contribution in [0.5, 0.6) is 0 Å². The molecule has 2 fully saturated rings. The maximum Gasteiger partial charge on any atom is 0.246 e. The summed E-state index contributed by atoms with van der Waals surface area (Å²) in [4.78, 5) is 32.2. The number of fused-ring (bicyclic) bond motifs is 2. The third-order valence-electron chi connectivity index (χ3n) is 6.33. The number of hydrogen-bond donors (Lipinski definition) is 3. The van der Waals surface area contributed by atoms with Crippen molar-refractivity contribution in [1.29, 1.82) is 0 Å². The first kappa shape index (κ1) is 20.2. The van der Waals surface area contributed by atoms with Crippen molar-refractivity contribution >= 4 is 34.5 Å². The number of aromatic nitrogens is 1. The lowest BCUT2D eigenvalue weighted by Gasteiger charge is -2.34. The smallest absolute Gasteiger partial charge is 0.246 e. The average Bonchev–Trinajstić information content (AvgIpc) is 3.41. The molecule has 2 saturated heterocycles. The number of benzene rings is 2.